The Hall–Kier alpha value is -2.01. The quantitative estimate of drug-likeness (QED) is 0.515. The molecule has 0 bridgehead atoms. The van der Waals surface area contributed by atoms with E-state index in [1.807, 2.05) is 0 Å². The summed E-state index contributed by atoms with van der Waals surface area (Å²) in [7, 11) is 0. The van der Waals surface area contributed by atoms with E-state index in [4.69, 9.17) is 15.2 Å². The van der Waals surface area contributed by atoms with Crippen molar-refractivity contribution in [3.8, 4) is 0 Å². The summed E-state index contributed by atoms with van der Waals surface area (Å²) in [5.41, 5.74) is 5.87. The monoisotopic (exact) mass is 325 g/mol. The third-order valence-corrected chi connectivity index (χ3v) is 3.92. The highest BCUT2D eigenvalue weighted by Gasteiger charge is 2.36. The Morgan fingerprint density at radius 3 is 2.74 bits per heavy atom. The number of hydrogen-bond acceptors (Lipinski definition) is 8. The van der Waals surface area contributed by atoms with Crippen molar-refractivity contribution in [2.24, 2.45) is 5.92 Å². The number of ether oxygens (including phenoxy) is 2. The van der Waals surface area contributed by atoms with Crippen LogP contribution in [-0.2, 0) is 16.0 Å². The number of nitrogens with two attached hydrogens (primary N) is 1. The minimum absolute atomic E-state index is 0.0456. The number of hydrogen-bond donors (Lipinski definition) is 4. The van der Waals surface area contributed by atoms with E-state index in [1.54, 1.807) is 10.9 Å². The predicted molar refractivity (Wildman–Crippen MR) is 79.5 cm³/mol. The van der Waals surface area contributed by atoms with Gasteiger partial charge in [0.25, 0.3) is 5.56 Å². The van der Waals surface area contributed by atoms with Crippen molar-refractivity contribution in [1.29, 1.82) is 0 Å². The number of rotatable bonds is 5. The van der Waals surface area contributed by atoms with Crippen LogP contribution in [0.3, 0.4) is 0 Å². The van der Waals surface area contributed by atoms with E-state index in [9.17, 15) is 15.0 Å². The Morgan fingerprint density at radius 1 is 1.39 bits per heavy atom. The van der Waals surface area contributed by atoms with Crippen LogP contribution >= 0.6 is 0 Å². The number of anilines is 1. The first kappa shape index (κ1) is 15.9. The Labute approximate surface area is 130 Å². The molecule has 1 aliphatic heterocycles. The van der Waals surface area contributed by atoms with Crippen molar-refractivity contribution in [1.82, 2.24) is 19.5 Å². The summed E-state index contributed by atoms with van der Waals surface area (Å²) in [4.78, 5) is 22.3. The van der Waals surface area contributed by atoms with Crippen LogP contribution in [0.4, 0.5) is 5.95 Å². The molecule has 1 fully saturated rings. The molecule has 0 aliphatic carbocycles. The Kier molecular flexibility index (Phi) is 4.31. The lowest BCUT2D eigenvalue weighted by molar-refractivity contribution is -0.309. The van der Waals surface area contributed by atoms with Gasteiger partial charge >= 0.3 is 0 Å². The molecule has 2 aromatic heterocycles. The normalized spacial score (nSPS) is 18.5. The third-order valence-electron chi connectivity index (χ3n) is 3.92. The molecule has 10 heteroatoms. The van der Waals surface area contributed by atoms with Gasteiger partial charge in [-0.05, 0) is 6.42 Å². The summed E-state index contributed by atoms with van der Waals surface area (Å²) in [5, 5.41) is 18.4. The number of nitrogens with zero attached hydrogens (tertiary/aromatic N) is 3. The average molecular weight is 325 g/mol. The van der Waals surface area contributed by atoms with E-state index in [-0.39, 0.29) is 22.9 Å². The molecule has 0 radical (unpaired) electrons. The molecule has 1 saturated heterocycles. The molecule has 5 N–H and O–H groups in total. The molecule has 3 rings (SSSR count). The molecule has 0 aromatic carbocycles. The lowest BCUT2D eigenvalue weighted by Crippen LogP contribution is -2.50. The van der Waals surface area contributed by atoms with Gasteiger partial charge in [0.05, 0.1) is 32.8 Å². The van der Waals surface area contributed by atoms with Crippen LogP contribution in [0.25, 0.3) is 11.2 Å². The summed E-state index contributed by atoms with van der Waals surface area (Å²) in [6, 6.07) is 0. The number of nitrogen functional groups attached to an aromatic ring is 1. The number of aliphatic hydroxyl groups excluding tert-OH is 2. The standard InChI is InChI=1S/C13H19N5O5/c14-12-16-10-9(11(21)17-12)15-7-18(10)2-1-8-3-22-13(5-19,6-20)23-4-8/h7-8,19-20H,1-6H2,(H3,14,16,17,21). The van der Waals surface area contributed by atoms with Crippen LogP contribution in [0.2, 0.25) is 0 Å². The fourth-order valence-corrected chi connectivity index (χ4v) is 2.48. The minimum Gasteiger partial charge on any atom is -0.391 e. The zero-order valence-corrected chi connectivity index (χ0v) is 12.4. The first-order chi connectivity index (χ1) is 11.1. The number of aliphatic hydroxyl groups is 2. The Balaban J connectivity index is 1.65. The maximum Gasteiger partial charge on any atom is 0.280 e. The maximum atomic E-state index is 11.7. The molecule has 126 valence electrons. The van der Waals surface area contributed by atoms with Crippen LogP contribution in [0.15, 0.2) is 11.1 Å². The van der Waals surface area contributed by atoms with E-state index in [0.717, 1.165) is 0 Å². The highest BCUT2D eigenvalue weighted by atomic mass is 16.7. The molecule has 0 atom stereocenters. The molecule has 0 saturated carbocycles. The molecule has 3 heterocycles. The number of aromatic nitrogens is 4. The summed E-state index contributed by atoms with van der Waals surface area (Å²) >= 11 is 0. The zero-order valence-electron chi connectivity index (χ0n) is 12.4. The zero-order chi connectivity index (χ0) is 16.4. The summed E-state index contributed by atoms with van der Waals surface area (Å²) in [6.07, 6.45) is 2.25. The van der Waals surface area contributed by atoms with Gasteiger partial charge < -0.3 is 30.0 Å². The number of H-pyrrole nitrogens is 1. The smallest absolute Gasteiger partial charge is 0.280 e. The predicted octanol–water partition coefficient (Wildman–Crippen LogP) is -1.56. The van der Waals surface area contributed by atoms with Crippen LogP contribution in [-0.4, -0.2) is 61.9 Å². The molecule has 23 heavy (non-hydrogen) atoms. The van der Waals surface area contributed by atoms with Crippen LogP contribution in [0.1, 0.15) is 6.42 Å². The lowest BCUT2D eigenvalue weighted by Gasteiger charge is -2.37. The van der Waals surface area contributed by atoms with Gasteiger partial charge in [-0.15, -0.1) is 0 Å². The highest BCUT2D eigenvalue weighted by molar-refractivity contribution is 5.70. The van der Waals surface area contributed by atoms with Crippen LogP contribution in [0.5, 0.6) is 0 Å². The highest BCUT2D eigenvalue weighted by Crippen LogP contribution is 2.23. The van der Waals surface area contributed by atoms with Crippen molar-refractivity contribution >= 4 is 17.1 Å². The molecule has 0 amide bonds. The van der Waals surface area contributed by atoms with E-state index >= 15 is 0 Å². The van der Waals surface area contributed by atoms with Crippen molar-refractivity contribution in [3.05, 3.63) is 16.7 Å². The van der Waals surface area contributed by atoms with E-state index in [0.29, 0.717) is 31.8 Å². The summed E-state index contributed by atoms with van der Waals surface area (Å²) in [6.45, 7) is 0.505. The summed E-state index contributed by atoms with van der Waals surface area (Å²) < 4.78 is 12.6. The Morgan fingerprint density at radius 2 is 2.09 bits per heavy atom. The molecule has 2 aromatic rings. The van der Waals surface area contributed by atoms with Gasteiger partial charge in [0.15, 0.2) is 11.2 Å². The van der Waals surface area contributed by atoms with Gasteiger partial charge in [-0.2, -0.15) is 4.98 Å². The van der Waals surface area contributed by atoms with Gasteiger partial charge in [0, 0.05) is 12.5 Å². The molecule has 10 nitrogen and oxygen atoms in total. The number of aromatic amines is 1. The van der Waals surface area contributed by atoms with E-state index < -0.39 is 19.0 Å². The van der Waals surface area contributed by atoms with Gasteiger partial charge in [-0.1, -0.05) is 0 Å². The van der Waals surface area contributed by atoms with Gasteiger partial charge in [-0.3, -0.25) is 9.78 Å². The second-order valence-corrected chi connectivity index (χ2v) is 5.56. The van der Waals surface area contributed by atoms with Crippen molar-refractivity contribution in [2.75, 3.05) is 32.2 Å². The second-order valence-electron chi connectivity index (χ2n) is 5.56. The maximum absolute atomic E-state index is 11.7. The van der Waals surface area contributed by atoms with Crippen molar-refractivity contribution < 1.29 is 19.7 Å². The molecule has 0 unspecified atom stereocenters. The minimum atomic E-state index is -1.30. The van der Waals surface area contributed by atoms with Gasteiger partial charge in [0.1, 0.15) is 0 Å². The van der Waals surface area contributed by atoms with Crippen molar-refractivity contribution in [2.45, 2.75) is 18.8 Å². The van der Waals surface area contributed by atoms with E-state index in [2.05, 4.69) is 15.0 Å². The third kappa shape index (κ3) is 3.06. The first-order valence-corrected chi connectivity index (χ1v) is 7.27. The SMILES string of the molecule is Nc1nc2c(ncn2CCC2COC(CO)(CO)OC2)c(=O)[nH]1. The topological polar surface area (TPSA) is 149 Å². The number of nitrogens with one attached hydrogen (secondary N) is 1. The number of fused-ring (bicyclic) bond motifs is 1. The summed E-state index contributed by atoms with van der Waals surface area (Å²) in [5.74, 6) is -1.16. The van der Waals surface area contributed by atoms with Gasteiger partial charge in [-0.25, -0.2) is 4.98 Å². The average Bonchev–Trinajstić information content (AvgIpc) is 2.97. The fraction of sp³-hybridized carbons (Fsp3) is 0.615. The van der Waals surface area contributed by atoms with Gasteiger partial charge in [0.2, 0.25) is 11.7 Å². The Bertz CT molecular complexity index is 728. The molecule has 1 aliphatic rings. The number of aryl methyl sites for hydroxylation is 1. The van der Waals surface area contributed by atoms with Crippen LogP contribution < -0.4 is 11.3 Å². The first-order valence-electron chi connectivity index (χ1n) is 7.27. The molecular formula is C13H19N5O5. The van der Waals surface area contributed by atoms with E-state index in [1.165, 1.54) is 0 Å². The lowest BCUT2D eigenvalue weighted by atomic mass is 10.1. The fourth-order valence-electron chi connectivity index (χ4n) is 2.48. The largest absolute Gasteiger partial charge is 0.391 e. The van der Waals surface area contributed by atoms with Crippen molar-refractivity contribution in [3.63, 3.8) is 0 Å². The number of imidazole rings is 1. The van der Waals surface area contributed by atoms with Crippen LogP contribution in [0, 0.1) is 5.92 Å². The molecule has 0 spiro atoms. The molecular weight excluding hydrogens is 306 g/mol. The second kappa shape index (κ2) is 6.24.